The van der Waals surface area contributed by atoms with Crippen molar-refractivity contribution in [1.29, 1.82) is 0 Å². The molecule has 0 aromatic heterocycles. The third kappa shape index (κ3) is 3.40. The quantitative estimate of drug-likeness (QED) is 0.383. The van der Waals surface area contributed by atoms with Crippen LogP contribution in [0.3, 0.4) is 0 Å². The normalized spacial score (nSPS) is 39.7. The van der Waals surface area contributed by atoms with E-state index in [0.717, 1.165) is 36.5 Å². The average Bonchev–Trinajstić information content (AvgIpc) is 3.26. The highest BCUT2D eigenvalue weighted by atomic mass is 79.9. The van der Waals surface area contributed by atoms with E-state index in [1.54, 1.807) is 7.11 Å². The van der Waals surface area contributed by atoms with Gasteiger partial charge in [0.15, 0.2) is 14.1 Å². The van der Waals surface area contributed by atoms with Crippen LogP contribution in [0.4, 0.5) is 0 Å². The Kier molecular flexibility index (Phi) is 5.60. The maximum absolute atomic E-state index is 6.75. The van der Waals surface area contributed by atoms with Crippen molar-refractivity contribution in [3.05, 3.63) is 0 Å². The van der Waals surface area contributed by atoms with Crippen molar-refractivity contribution in [1.82, 2.24) is 0 Å². The highest BCUT2D eigenvalue weighted by Crippen LogP contribution is 2.49. The van der Waals surface area contributed by atoms with E-state index in [0.29, 0.717) is 0 Å². The molecule has 0 aromatic carbocycles. The first-order chi connectivity index (χ1) is 9.92. The van der Waals surface area contributed by atoms with Gasteiger partial charge in [-0.2, -0.15) is 0 Å². The van der Waals surface area contributed by atoms with Crippen LogP contribution in [-0.4, -0.2) is 51.0 Å². The molecule has 2 fully saturated rings. The van der Waals surface area contributed by atoms with E-state index in [9.17, 15) is 0 Å². The lowest BCUT2D eigenvalue weighted by molar-refractivity contribution is -0.287. The minimum absolute atomic E-state index is 0.0200. The zero-order valence-electron chi connectivity index (χ0n) is 13.9. The molecule has 2 rings (SSSR count). The van der Waals surface area contributed by atoms with Crippen molar-refractivity contribution >= 4 is 24.2 Å². The fourth-order valence-electron chi connectivity index (χ4n) is 3.45. The average molecular weight is 381 g/mol. The van der Waals surface area contributed by atoms with Gasteiger partial charge < -0.3 is 18.6 Å². The van der Waals surface area contributed by atoms with Crippen molar-refractivity contribution in [3.63, 3.8) is 0 Å². The molecule has 2 heterocycles. The highest BCUT2D eigenvalue weighted by molar-refractivity contribution is 9.09. The Morgan fingerprint density at radius 1 is 1.24 bits per heavy atom. The molecule has 0 bridgehead atoms. The van der Waals surface area contributed by atoms with Crippen LogP contribution in [0, 0.1) is 0 Å². The Bertz CT molecular complexity index is 351. The summed E-state index contributed by atoms with van der Waals surface area (Å²) in [5, 5.41) is 0.739. The van der Waals surface area contributed by atoms with Gasteiger partial charge in [0.05, 0.1) is 12.7 Å². The molecule has 0 amide bonds. The summed E-state index contributed by atoms with van der Waals surface area (Å²) >= 11 is 3.58. The van der Waals surface area contributed by atoms with Crippen molar-refractivity contribution in [2.75, 3.05) is 19.0 Å². The van der Waals surface area contributed by atoms with Crippen molar-refractivity contribution in [2.45, 2.75) is 75.8 Å². The smallest absolute Gasteiger partial charge is 0.192 e. The summed E-state index contributed by atoms with van der Waals surface area (Å²) in [6.45, 7) is 9.51. The van der Waals surface area contributed by atoms with Gasteiger partial charge >= 0.3 is 0 Å². The molecule has 2 aliphatic rings. The van der Waals surface area contributed by atoms with Crippen LogP contribution in [0.2, 0.25) is 18.1 Å². The van der Waals surface area contributed by atoms with Crippen LogP contribution in [0.5, 0.6) is 0 Å². The first-order valence-corrected chi connectivity index (χ1v) is 11.7. The number of ether oxygens (including phenoxy) is 3. The fourth-order valence-corrected chi connectivity index (χ4v) is 6.83. The van der Waals surface area contributed by atoms with Gasteiger partial charge in [0, 0.05) is 18.9 Å². The summed E-state index contributed by atoms with van der Waals surface area (Å²) in [6.07, 6.45) is 0.737. The first-order valence-electron chi connectivity index (χ1n) is 8.02. The third-order valence-electron chi connectivity index (χ3n) is 5.29. The number of methoxy groups -OCH3 is 1. The summed E-state index contributed by atoms with van der Waals surface area (Å²) in [5.41, 5.74) is -0.209. The van der Waals surface area contributed by atoms with Gasteiger partial charge in [-0.1, -0.05) is 36.7 Å². The zero-order chi connectivity index (χ0) is 15.7. The van der Waals surface area contributed by atoms with E-state index in [1.165, 1.54) is 0 Å². The maximum atomic E-state index is 6.75. The van der Waals surface area contributed by atoms with Crippen LogP contribution in [0.25, 0.3) is 0 Å². The van der Waals surface area contributed by atoms with E-state index in [1.807, 2.05) is 6.92 Å². The predicted octanol–water partition coefficient (Wildman–Crippen LogP) is 3.69. The van der Waals surface area contributed by atoms with E-state index in [4.69, 9.17) is 18.6 Å². The number of epoxide rings is 1. The van der Waals surface area contributed by atoms with Crippen LogP contribution in [0.1, 0.15) is 34.1 Å². The molecule has 124 valence electrons. The molecule has 2 saturated heterocycles. The van der Waals surface area contributed by atoms with Crippen LogP contribution >= 0.6 is 15.9 Å². The Morgan fingerprint density at radius 3 is 2.19 bits per heavy atom. The van der Waals surface area contributed by atoms with Gasteiger partial charge in [-0.05, 0) is 25.1 Å². The fraction of sp³-hybridized carbons (Fsp3) is 1.00. The first kappa shape index (κ1) is 17.9. The number of hydrogen-bond acceptors (Lipinski definition) is 4. The largest absolute Gasteiger partial charge is 0.408 e. The summed E-state index contributed by atoms with van der Waals surface area (Å²) < 4.78 is 24.4. The van der Waals surface area contributed by atoms with Gasteiger partial charge in [0.25, 0.3) is 0 Å². The van der Waals surface area contributed by atoms with Gasteiger partial charge in [-0.15, -0.1) is 0 Å². The second-order valence-corrected chi connectivity index (χ2v) is 11.8. The summed E-state index contributed by atoms with van der Waals surface area (Å²) in [4.78, 5) is 0. The molecular formula is C15H29BrO4Si. The van der Waals surface area contributed by atoms with Crippen molar-refractivity contribution < 1.29 is 18.6 Å². The number of alkyl halides is 1. The molecule has 0 aliphatic carbocycles. The molecule has 6 heteroatoms. The van der Waals surface area contributed by atoms with E-state index in [2.05, 4.69) is 36.7 Å². The number of hydrogen-bond donors (Lipinski definition) is 0. The molecule has 4 atom stereocenters. The molecule has 0 saturated carbocycles. The molecule has 0 unspecified atom stereocenters. The Morgan fingerprint density at radius 2 is 1.81 bits per heavy atom. The third-order valence-corrected chi connectivity index (χ3v) is 10.5. The molecule has 0 radical (unpaired) electrons. The SMILES string of the molecule is CC[Si](CC)(CC)O[C@H]1[C@@H](CBr)O[C@](C)(OC)C[C@@]12CO2. The van der Waals surface area contributed by atoms with Crippen molar-refractivity contribution in [3.8, 4) is 0 Å². The van der Waals surface area contributed by atoms with E-state index >= 15 is 0 Å². The Labute approximate surface area is 138 Å². The van der Waals surface area contributed by atoms with Crippen LogP contribution in [0.15, 0.2) is 0 Å². The van der Waals surface area contributed by atoms with Crippen molar-refractivity contribution in [2.24, 2.45) is 0 Å². The maximum Gasteiger partial charge on any atom is 0.192 e. The second-order valence-electron chi connectivity index (χ2n) is 6.46. The van der Waals surface area contributed by atoms with E-state index < -0.39 is 14.1 Å². The Balaban J connectivity index is 2.21. The van der Waals surface area contributed by atoms with Gasteiger partial charge in [-0.3, -0.25) is 0 Å². The molecular weight excluding hydrogens is 352 g/mol. The second kappa shape index (κ2) is 6.57. The lowest BCUT2D eigenvalue weighted by Crippen LogP contribution is -2.60. The number of halogens is 1. The van der Waals surface area contributed by atoms with E-state index in [-0.39, 0.29) is 17.8 Å². The molecule has 1 spiro atoms. The van der Waals surface area contributed by atoms with Gasteiger partial charge in [0.2, 0.25) is 0 Å². The molecule has 2 aliphatic heterocycles. The topological polar surface area (TPSA) is 40.2 Å². The Hall–Kier alpha value is 0.537. The number of rotatable bonds is 7. The minimum Gasteiger partial charge on any atom is -0.408 e. The monoisotopic (exact) mass is 380 g/mol. The summed E-state index contributed by atoms with van der Waals surface area (Å²) in [5.74, 6) is -0.580. The predicted molar refractivity (Wildman–Crippen MR) is 89.5 cm³/mol. The standard InChI is InChI=1S/C15H29BrO4Si/c1-6-21(7-2,8-3)20-13-12(9-16)19-14(4,17-5)10-15(13)11-18-15/h12-13H,6-11H2,1-5H3/t12-,13+,14+,15-/m1/s1. The summed E-state index contributed by atoms with van der Waals surface area (Å²) in [7, 11) is 0.0103. The molecule has 21 heavy (non-hydrogen) atoms. The zero-order valence-corrected chi connectivity index (χ0v) is 16.5. The van der Waals surface area contributed by atoms with Gasteiger partial charge in [0.1, 0.15) is 11.7 Å². The van der Waals surface area contributed by atoms with Crippen LogP contribution in [-0.2, 0) is 18.6 Å². The van der Waals surface area contributed by atoms with Crippen LogP contribution < -0.4 is 0 Å². The molecule has 4 nitrogen and oxygen atoms in total. The highest BCUT2D eigenvalue weighted by Gasteiger charge is 2.64. The lowest BCUT2D eigenvalue weighted by Gasteiger charge is -2.47. The lowest BCUT2D eigenvalue weighted by atomic mass is 9.88. The molecule has 0 N–H and O–H groups in total. The summed E-state index contributed by atoms with van der Waals surface area (Å²) in [6, 6.07) is 3.43. The molecule has 0 aromatic rings. The van der Waals surface area contributed by atoms with Gasteiger partial charge in [-0.25, -0.2) is 0 Å². The minimum atomic E-state index is -1.69.